The number of aliphatic hydroxyl groups excluding tert-OH is 4. The van der Waals surface area contributed by atoms with Gasteiger partial charge in [0.25, 0.3) is 0 Å². The Morgan fingerprint density at radius 2 is 1.78 bits per heavy atom. The molecule has 2 aromatic rings. The number of aliphatic hydroxyl groups is 4. The maximum Gasteiger partial charge on any atom is 0.182 e. The normalized spacial score (nSPS) is 31.3. The van der Waals surface area contributed by atoms with Crippen LogP contribution in [0.15, 0.2) is 30.3 Å². The Balaban J connectivity index is 1.93. The van der Waals surface area contributed by atoms with Crippen molar-refractivity contribution >= 4 is 0 Å². The van der Waals surface area contributed by atoms with Crippen LogP contribution in [0.2, 0.25) is 0 Å². The van der Waals surface area contributed by atoms with Gasteiger partial charge in [-0.25, -0.2) is 9.67 Å². The zero-order valence-corrected chi connectivity index (χ0v) is 12.5. The molecular formula is C15H19N3O5. The summed E-state index contributed by atoms with van der Waals surface area (Å²) < 4.78 is 7.07. The van der Waals surface area contributed by atoms with Gasteiger partial charge in [0.1, 0.15) is 36.3 Å². The highest BCUT2D eigenvalue weighted by Gasteiger charge is 2.45. The molecular weight excluding hydrogens is 302 g/mol. The van der Waals surface area contributed by atoms with Crippen molar-refractivity contribution in [3.8, 4) is 5.69 Å². The van der Waals surface area contributed by atoms with Gasteiger partial charge in [-0.15, -0.1) is 5.10 Å². The summed E-state index contributed by atoms with van der Waals surface area (Å²) >= 11 is 0. The number of hydrogen-bond donors (Lipinski definition) is 4. The van der Waals surface area contributed by atoms with E-state index in [0.717, 1.165) is 5.69 Å². The number of ether oxygens (including phenoxy) is 1. The molecule has 8 heteroatoms. The Morgan fingerprint density at radius 3 is 2.43 bits per heavy atom. The maximum absolute atomic E-state index is 10.1. The van der Waals surface area contributed by atoms with Crippen molar-refractivity contribution in [1.82, 2.24) is 14.8 Å². The summed E-state index contributed by atoms with van der Waals surface area (Å²) in [6.07, 6.45) is -6.26. The first-order chi connectivity index (χ1) is 11.0. The Labute approximate surface area is 132 Å². The predicted octanol–water partition coefficient (Wildman–Crippen LogP) is -0.909. The van der Waals surface area contributed by atoms with Gasteiger partial charge in [-0.05, 0) is 19.1 Å². The quantitative estimate of drug-likeness (QED) is 0.577. The van der Waals surface area contributed by atoms with Crippen LogP contribution < -0.4 is 0 Å². The van der Waals surface area contributed by atoms with Gasteiger partial charge in [-0.2, -0.15) is 0 Å². The van der Waals surface area contributed by atoms with E-state index in [1.807, 2.05) is 30.3 Å². The first-order valence-corrected chi connectivity index (χ1v) is 7.32. The number of nitrogens with zero attached hydrogens (tertiary/aromatic N) is 3. The van der Waals surface area contributed by atoms with Gasteiger partial charge in [-0.3, -0.25) is 0 Å². The minimum absolute atomic E-state index is 0.184. The maximum atomic E-state index is 10.1. The lowest BCUT2D eigenvalue weighted by Gasteiger charge is -2.38. The van der Waals surface area contributed by atoms with E-state index in [-0.39, 0.29) is 5.82 Å². The molecule has 1 saturated heterocycles. The van der Waals surface area contributed by atoms with Crippen LogP contribution in [0.25, 0.3) is 5.69 Å². The van der Waals surface area contributed by atoms with Crippen molar-refractivity contribution in [2.75, 3.05) is 6.61 Å². The molecule has 4 N–H and O–H groups in total. The molecule has 1 aromatic heterocycles. The second-order valence-corrected chi connectivity index (χ2v) is 5.51. The fourth-order valence-corrected chi connectivity index (χ4v) is 2.66. The molecule has 2 heterocycles. The number of benzene rings is 1. The average Bonchev–Trinajstić information content (AvgIpc) is 2.95. The first kappa shape index (κ1) is 16.0. The van der Waals surface area contributed by atoms with E-state index < -0.39 is 37.1 Å². The second kappa shape index (κ2) is 6.34. The summed E-state index contributed by atoms with van der Waals surface area (Å²) in [7, 11) is 0. The van der Waals surface area contributed by atoms with Gasteiger partial charge in [0.2, 0.25) is 0 Å². The highest BCUT2D eigenvalue weighted by atomic mass is 16.5. The molecule has 1 aromatic carbocycles. The molecule has 5 atom stereocenters. The summed E-state index contributed by atoms with van der Waals surface area (Å²) in [5.74, 6) is 0.770. The van der Waals surface area contributed by atoms with Crippen LogP contribution in [0, 0.1) is 6.92 Å². The van der Waals surface area contributed by atoms with Gasteiger partial charge in [0.15, 0.2) is 5.82 Å². The second-order valence-electron chi connectivity index (χ2n) is 5.51. The molecule has 0 amide bonds. The zero-order chi connectivity index (χ0) is 16.6. The Hall–Kier alpha value is -1.84. The van der Waals surface area contributed by atoms with E-state index >= 15 is 0 Å². The van der Waals surface area contributed by atoms with Crippen LogP contribution in [-0.4, -0.2) is 66.2 Å². The smallest absolute Gasteiger partial charge is 0.182 e. The van der Waals surface area contributed by atoms with Crippen LogP contribution >= 0.6 is 0 Å². The van der Waals surface area contributed by atoms with Crippen LogP contribution in [0.3, 0.4) is 0 Å². The molecule has 124 valence electrons. The number of rotatable bonds is 3. The third-order valence-electron chi connectivity index (χ3n) is 3.93. The molecule has 0 saturated carbocycles. The van der Waals surface area contributed by atoms with E-state index in [1.165, 1.54) is 0 Å². The highest BCUT2D eigenvalue weighted by molar-refractivity contribution is 5.31. The van der Waals surface area contributed by atoms with Gasteiger partial charge in [0.05, 0.1) is 12.3 Å². The van der Waals surface area contributed by atoms with Crippen LogP contribution in [0.1, 0.15) is 17.8 Å². The third kappa shape index (κ3) is 2.87. The van der Waals surface area contributed by atoms with Crippen LogP contribution in [-0.2, 0) is 4.74 Å². The molecule has 8 nitrogen and oxygen atoms in total. The number of hydrogen-bond acceptors (Lipinski definition) is 7. The fourth-order valence-electron chi connectivity index (χ4n) is 2.66. The third-order valence-corrected chi connectivity index (χ3v) is 3.93. The van der Waals surface area contributed by atoms with Crippen molar-refractivity contribution in [3.05, 3.63) is 42.0 Å². The van der Waals surface area contributed by atoms with Crippen molar-refractivity contribution in [1.29, 1.82) is 0 Å². The minimum Gasteiger partial charge on any atom is -0.394 e. The summed E-state index contributed by atoms with van der Waals surface area (Å²) in [5, 5.41) is 43.4. The first-order valence-electron chi connectivity index (χ1n) is 7.32. The Kier molecular flexibility index (Phi) is 4.42. The van der Waals surface area contributed by atoms with Gasteiger partial charge >= 0.3 is 0 Å². The molecule has 0 unspecified atom stereocenters. The Bertz CT molecular complexity index is 660. The predicted molar refractivity (Wildman–Crippen MR) is 78.8 cm³/mol. The van der Waals surface area contributed by atoms with Crippen molar-refractivity contribution in [3.63, 3.8) is 0 Å². The minimum atomic E-state index is -1.45. The monoisotopic (exact) mass is 321 g/mol. The van der Waals surface area contributed by atoms with E-state index in [0.29, 0.717) is 5.82 Å². The van der Waals surface area contributed by atoms with Gasteiger partial charge < -0.3 is 25.2 Å². The topological polar surface area (TPSA) is 121 Å². The van der Waals surface area contributed by atoms with Crippen molar-refractivity contribution in [2.24, 2.45) is 0 Å². The van der Waals surface area contributed by atoms with E-state index in [4.69, 9.17) is 4.74 Å². The highest BCUT2D eigenvalue weighted by Crippen LogP contribution is 2.31. The largest absolute Gasteiger partial charge is 0.394 e. The van der Waals surface area contributed by atoms with E-state index in [1.54, 1.807) is 11.6 Å². The summed E-state index contributed by atoms with van der Waals surface area (Å²) in [6.45, 7) is 1.27. The summed E-state index contributed by atoms with van der Waals surface area (Å²) in [4.78, 5) is 4.28. The lowest BCUT2D eigenvalue weighted by molar-refractivity contribution is -0.233. The standard InChI is InChI=1S/C15H19N3O5/c1-8-16-15(17-18(8)9-5-3-2-4-6-9)14-13(22)12(21)11(20)10(7-19)23-14/h2-6,10-14,19-22H,7H2,1H3/t10-,11-,12+,13-,14-/m1/s1. The molecule has 1 fully saturated rings. The molecule has 3 rings (SSSR count). The average molecular weight is 321 g/mol. The van der Waals surface area contributed by atoms with Gasteiger partial charge in [0, 0.05) is 0 Å². The lowest BCUT2D eigenvalue weighted by Crippen LogP contribution is -2.55. The van der Waals surface area contributed by atoms with Gasteiger partial charge in [-0.1, -0.05) is 18.2 Å². The van der Waals surface area contributed by atoms with Crippen molar-refractivity contribution in [2.45, 2.75) is 37.4 Å². The molecule has 0 bridgehead atoms. The Morgan fingerprint density at radius 1 is 1.09 bits per heavy atom. The molecule has 0 radical (unpaired) electrons. The number of aromatic nitrogens is 3. The molecule has 1 aliphatic heterocycles. The van der Waals surface area contributed by atoms with Crippen LogP contribution in [0.4, 0.5) is 0 Å². The number of aryl methyl sites for hydroxylation is 1. The lowest BCUT2D eigenvalue weighted by atomic mass is 9.95. The van der Waals surface area contributed by atoms with E-state index in [9.17, 15) is 20.4 Å². The molecule has 0 aliphatic carbocycles. The summed E-state index contributed by atoms with van der Waals surface area (Å²) in [6, 6.07) is 9.33. The van der Waals surface area contributed by atoms with Crippen molar-refractivity contribution < 1.29 is 25.2 Å². The fraction of sp³-hybridized carbons (Fsp3) is 0.467. The molecule has 0 spiro atoms. The SMILES string of the molecule is Cc1nc([C@@H]2O[C@H](CO)[C@@H](O)[C@H](O)[C@H]2O)nn1-c1ccccc1. The molecule has 1 aliphatic rings. The van der Waals surface area contributed by atoms with E-state index in [2.05, 4.69) is 10.1 Å². The number of para-hydroxylation sites is 1. The zero-order valence-electron chi connectivity index (χ0n) is 12.5. The summed E-state index contributed by atoms with van der Waals surface area (Å²) in [5.41, 5.74) is 0.799. The molecule has 23 heavy (non-hydrogen) atoms. The van der Waals surface area contributed by atoms with Crippen LogP contribution in [0.5, 0.6) is 0 Å².